The van der Waals surface area contributed by atoms with Crippen LogP contribution in [-0.2, 0) is 4.84 Å². The molecule has 0 spiro atoms. The Bertz CT molecular complexity index is 442. The van der Waals surface area contributed by atoms with Crippen LogP contribution in [0, 0.1) is 0 Å². The van der Waals surface area contributed by atoms with E-state index in [9.17, 15) is 0 Å². The van der Waals surface area contributed by atoms with Gasteiger partial charge < -0.3 is 4.84 Å². The molecule has 0 unspecified atom stereocenters. The number of oxime groups is 1. The molecule has 0 amide bonds. The normalized spacial score (nSPS) is 21.6. The predicted molar refractivity (Wildman–Crippen MR) is 83.2 cm³/mol. The van der Waals surface area contributed by atoms with E-state index in [1.807, 2.05) is 6.21 Å². The van der Waals surface area contributed by atoms with Crippen molar-refractivity contribution in [2.24, 2.45) is 5.16 Å². The average molecular weight is 271 g/mol. The van der Waals surface area contributed by atoms with E-state index in [2.05, 4.69) is 29.4 Å². The lowest BCUT2D eigenvalue weighted by Gasteiger charge is -2.22. The molecule has 0 radical (unpaired) electrons. The summed E-state index contributed by atoms with van der Waals surface area (Å²) in [5, 5.41) is 4.18. The molecule has 2 aliphatic rings. The fraction of sp³-hybridized carbons (Fsp3) is 0.611. The highest BCUT2D eigenvalue weighted by atomic mass is 16.6. The Morgan fingerprint density at radius 2 is 1.70 bits per heavy atom. The second-order valence-corrected chi connectivity index (χ2v) is 6.25. The minimum Gasteiger partial charge on any atom is -0.393 e. The maximum atomic E-state index is 5.56. The molecular formula is C18H25NO. The zero-order valence-corrected chi connectivity index (χ0v) is 12.3. The minimum absolute atomic E-state index is 0.354. The molecule has 0 heterocycles. The van der Waals surface area contributed by atoms with Gasteiger partial charge in [-0.05, 0) is 61.6 Å². The molecule has 0 aliphatic heterocycles. The molecule has 0 atom stereocenters. The quantitative estimate of drug-likeness (QED) is 0.556. The van der Waals surface area contributed by atoms with Crippen LogP contribution in [0.3, 0.4) is 0 Å². The van der Waals surface area contributed by atoms with Crippen LogP contribution in [0.5, 0.6) is 0 Å². The molecule has 1 aromatic carbocycles. The first-order chi connectivity index (χ1) is 9.92. The Morgan fingerprint density at radius 3 is 2.50 bits per heavy atom. The maximum absolute atomic E-state index is 5.56. The molecule has 1 aromatic rings. The van der Waals surface area contributed by atoms with Gasteiger partial charge in [0.05, 0.1) is 6.21 Å². The summed E-state index contributed by atoms with van der Waals surface area (Å²) in [4.78, 5) is 5.56. The Balaban J connectivity index is 1.59. The maximum Gasteiger partial charge on any atom is 0.127 e. The summed E-state index contributed by atoms with van der Waals surface area (Å²) in [6, 6.07) is 8.83. The highest BCUT2D eigenvalue weighted by molar-refractivity contribution is 5.79. The van der Waals surface area contributed by atoms with Gasteiger partial charge in [0.2, 0.25) is 0 Å². The fourth-order valence-electron chi connectivity index (χ4n) is 3.50. The number of hydrogen-bond acceptors (Lipinski definition) is 2. The molecule has 2 aliphatic carbocycles. The van der Waals surface area contributed by atoms with Gasteiger partial charge in [-0.25, -0.2) is 0 Å². The van der Waals surface area contributed by atoms with E-state index in [1.165, 1.54) is 68.9 Å². The molecule has 2 saturated carbocycles. The van der Waals surface area contributed by atoms with Gasteiger partial charge >= 0.3 is 0 Å². The van der Waals surface area contributed by atoms with Crippen LogP contribution in [0.25, 0.3) is 0 Å². The van der Waals surface area contributed by atoms with Crippen LogP contribution >= 0.6 is 0 Å². The standard InChI is InChI=1S/C18H25NO/c1-2-8-16(9-3-1)17-10-6-7-15(13-17)14-19-20-18-11-4-5-12-18/h6-7,10,13-14,16,18H,1-5,8-9,11-12H2. The zero-order chi connectivity index (χ0) is 13.6. The monoisotopic (exact) mass is 271 g/mol. The van der Waals surface area contributed by atoms with Crippen molar-refractivity contribution in [3.63, 3.8) is 0 Å². The highest BCUT2D eigenvalue weighted by Crippen LogP contribution is 2.32. The first kappa shape index (κ1) is 13.7. The highest BCUT2D eigenvalue weighted by Gasteiger charge is 2.16. The van der Waals surface area contributed by atoms with Crippen LogP contribution in [0.15, 0.2) is 29.4 Å². The minimum atomic E-state index is 0.354. The van der Waals surface area contributed by atoms with Gasteiger partial charge in [-0.3, -0.25) is 0 Å². The van der Waals surface area contributed by atoms with Crippen LogP contribution in [-0.4, -0.2) is 12.3 Å². The Morgan fingerprint density at radius 1 is 0.950 bits per heavy atom. The lowest BCUT2D eigenvalue weighted by molar-refractivity contribution is 0.0657. The van der Waals surface area contributed by atoms with Crippen molar-refractivity contribution in [1.29, 1.82) is 0 Å². The number of benzene rings is 1. The van der Waals surface area contributed by atoms with Crippen molar-refractivity contribution in [3.8, 4) is 0 Å². The molecule has 0 saturated heterocycles. The van der Waals surface area contributed by atoms with Crippen molar-refractivity contribution >= 4 is 6.21 Å². The summed E-state index contributed by atoms with van der Waals surface area (Å²) in [5.41, 5.74) is 2.65. The summed E-state index contributed by atoms with van der Waals surface area (Å²) in [5.74, 6) is 0.757. The van der Waals surface area contributed by atoms with Crippen molar-refractivity contribution in [3.05, 3.63) is 35.4 Å². The smallest absolute Gasteiger partial charge is 0.127 e. The SMILES string of the molecule is C(=NOC1CCCC1)c1cccc(C2CCCCC2)c1. The fourth-order valence-corrected chi connectivity index (χ4v) is 3.50. The van der Waals surface area contributed by atoms with Gasteiger partial charge in [0.25, 0.3) is 0 Å². The van der Waals surface area contributed by atoms with Gasteiger partial charge in [0.1, 0.15) is 6.10 Å². The Labute approximate surface area is 122 Å². The van der Waals surface area contributed by atoms with E-state index >= 15 is 0 Å². The topological polar surface area (TPSA) is 21.6 Å². The van der Waals surface area contributed by atoms with E-state index in [-0.39, 0.29) is 0 Å². The van der Waals surface area contributed by atoms with Crippen LogP contribution in [0.1, 0.15) is 74.8 Å². The van der Waals surface area contributed by atoms with E-state index in [1.54, 1.807) is 0 Å². The van der Waals surface area contributed by atoms with Gasteiger partial charge in [0.15, 0.2) is 0 Å². The summed E-state index contributed by atoms with van der Waals surface area (Å²) >= 11 is 0. The van der Waals surface area contributed by atoms with Gasteiger partial charge in [-0.2, -0.15) is 0 Å². The second-order valence-electron chi connectivity index (χ2n) is 6.25. The zero-order valence-electron chi connectivity index (χ0n) is 12.3. The van der Waals surface area contributed by atoms with Gasteiger partial charge in [-0.1, -0.05) is 42.6 Å². The van der Waals surface area contributed by atoms with Gasteiger partial charge in [-0.15, -0.1) is 0 Å². The third kappa shape index (κ3) is 3.62. The van der Waals surface area contributed by atoms with Crippen molar-refractivity contribution in [2.45, 2.75) is 69.8 Å². The van der Waals surface area contributed by atoms with E-state index in [4.69, 9.17) is 4.84 Å². The van der Waals surface area contributed by atoms with E-state index in [0.29, 0.717) is 6.10 Å². The molecule has 2 fully saturated rings. The Hall–Kier alpha value is -1.31. The second kappa shape index (κ2) is 6.92. The molecule has 2 nitrogen and oxygen atoms in total. The van der Waals surface area contributed by atoms with Crippen LogP contribution in [0.4, 0.5) is 0 Å². The molecule has 0 aromatic heterocycles. The lowest BCUT2D eigenvalue weighted by atomic mass is 9.84. The third-order valence-electron chi connectivity index (χ3n) is 4.70. The molecule has 3 rings (SSSR count). The largest absolute Gasteiger partial charge is 0.393 e. The van der Waals surface area contributed by atoms with Crippen molar-refractivity contribution in [2.75, 3.05) is 0 Å². The van der Waals surface area contributed by atoms with Gasteiger partial charge in [0, 0.05) is 0 Å². The third-order valence-corrected chi connectivity index (χ3v) is 4.70. The molecule has 2 heteroatoms. The summed E-state index contributed by atoms with van der Waals surface area (Å²) in [7, 11) is 0. The van der Waals surface area contributed by atoms with E-state index in [0.717, 1.165) is 5.92 Å². The number of nitrogens with zero attached hydrogens (tertiary/aromatic N) is 1. The predicted octanol–water partition coefficient (Wildman–Crippen LogP) is 5.03. The first-order valence-corrected chi connectivity index (χ1v) is 8.21. The lowest BCUT2D eigenvalue weighted by Crippen LogP contribution is -2.05. The Kier molecular flexibility index (Phi) is 4.73. The molecule has 0 bridgehead atoms. The van der Waals surface area contributed by atoms with Crippen molar-refractivity contribution in [1.82, 2.24) is 0 Å². The van der Waals surface area contributed by atoms with E-state index < -0.39 is 0 Å². The summed E-state index contributed by atoms with van der Waals surface area (Å²) < 4.78 is 0. The summed E-state index contributed by atoms with van der Waals surface area (Å²) in [6.07, 6.45) is 14.0. The number of rotatable bonds is 4. The van der Waals surface area contributed by atoms with Crippen LogP contribution < -0.4 is 0 Å². The number of hydrogen-bond donors (Lipinski definition) is 0. The first-order valence-electron chi connectivity index (χ1n) is 8.21. The summed E-state index contributed by atoms with van der Waals surface area (Å²) in [6.45, 7) is 0. The molecular weight excluding hydrogens is 246 g/mol. The molecule has 108 valence electrons. The molecule has 20 heavy (non-hydrogen) atoms. The van der Waals surface area contributed by atoms with Crippen LogP contribution in [0.2, 0.25) is 0 Å². The molecule has 0 N–H and O–H groups in total. The van der Waals surface area contributed by atoms with Crippen molar-refractivity contribution < 1.29 is 4.84 Å². The average Bonchev–Trinajstić information content (AvgIpc) is 3.02.